The summed E-state index contributed by atoms with van der Waals surface area (Å²) in [5.41, 5.74) is 3.87. The second-order valence-corrected chi connectivity index (χ2v) is 8.51. The zero-order chi connectivity index (χ0) is 23.1. The van der Waals surface area contributed by atoms with Gasteiger partial charge in [0.1, 0.15) is 11.7 Å². The molecule has 3 atom stereocenters. The van der Waals surface area contributed by atoms with E-state index < -0.39 is 17.8 Å². The first-order chi connectivity index (χ1) is 16.0. The van der Waals surface area contributed by atoms with E-state index in [-0.39, 0.29) is 18.5 Å². The van der Waals surface area contributed by atoms with E-state index >= 15 is 0 Å². The number of carbonyl (C=O) groups is 2. The molecule has 0 aromatic heterocycles. The Morgan fingerprint density at radius 1 is 1.00 bits per heavy atom. The minimum absolute atomic E-state index is 0.00453. The van der Waals surface area contributed by atoms with Gasteiger partial charge in [-0.3, -0.25) is 14.6 Å². The van der Waals surface area contributed by atoms with Gasteiger partial charge in [-0.2, -0.15) is 0 Å². The fraction of sp³-hybridized carbons (Fsp3) is 0.346. The van der Waals surface area contributed by atoms with Gasteiger partial charge in [0.15, 0.2) is 17.3 Å². The number of aliphatic imine (C=N–C) groups is 1. The highest BCUT2D eigenvalue weighted by atomic mass is 16.7. The number of ether oxygens (including phenoxy) is 4. The van der Waals surface area contributed by atoms with E-state index in [1.54, 1.807) is 7.11 Å². The van der Waals surface area contributed by atoms with E-state index in [9.17, 15) is 9.59 Å². The van der Waals surface area contributed by atoms with Crippen LogP contribution in [-0.4, -0.2) is 38.5 Å². The largest absolute Gasteiger partial charge is 0.497 e. The Morgan fingerprint density at radius 3 is 2.45 bits per heavy atom. The number of benzene rings is 2. The molecule has 3 aliphatic rings. The summed E-state index contributed by atoms with van der Waals surface area (Å²) in [6.45, 7) is 1.98. The fourth-order valence-corrected chi connectivity index (χ4v) is 5.07. The molecule has 2 aliphatic heterocycles. The van der Waals surface area contributed by atoms with Crippen molar-refractivity contribution in [3.05, 3.63) is 64.9 Å². The Kier molecular flexibility index (Phi) is 5.40. The number of hydrogen-bond acceptors (Lipinski definition) is 7. The molecule has 0 amide bonds. The first-order valence-electron chi connectivity index (χ1n) is 10.9. The van der Waals surface area contributed by atoms with Crippen LogP contribution in [0.5, 0.6) is 17.2 Å². The van der Waals surface area contributed by atoms with Gasteiger partial charge in [-0.05, 0) is 54.7 Å². The molecule has 2 heterocycles. The van der Waals surface area contributed by atoms with Crippen molar-refractivity contribution in [1.82, 2.24) is 0 Å². The quantitative estimate of drug-likeness (QED) is 0.654. The number of hydrogen-bond donors (Lipinski definition) is 0. The summed E-state index contributed by atoms with van der Waals surface area (Å²) in [5.74, 6) is 0.498. The Labute approximate surface area is 192 Å². The highest BCUT2D eigenvalue weighted by Crippen LogP contribution is 2.48. The normalized spacial score (nSPS) is 23.7. The van der Waals surface area contributed by atoms with Gasteiger partial charge in [-0.15, -0.1) is 0 Å². The molecular formula is C26H25NO6. The van der Waals surface area contributed by atoms with Crippen LogP contribution in [0.3, 0.4) is 0 Å². The molecule has 5 rings (SSSR count). The topological polar surface area (TPSA) is 83.4 Å². The van der Waals surface area contributed by atoms with Crippen LogP contribution in [0.4, 0.5) is 0 Å². The second-order valence-electron chi connectivity index (χ2n) is 8.51. The van der Waals surface area contributed by atoms with Crippen molar-refractivity contribution in [3.8, 4) is 17.2 Å². The van der Waals surface area contributed by atoms with Crippen LogP contribution in [-0.2, 0) is 14.3 Å². The monoisotopic (exact) mass is 447 g/mol. The van der Waals surface area contributed by atoms with E-state index in [1.165, 1.54) is 7.11 Å². The molecule has 0 saturated carbocycles. The molecule has 2 aromatic carbocycles. The molecule has 1 aliphatic carbocycles. The van der Waals surface area contributed by atoms with Crippen molar-refractivity contribution >= 4 is 17.5 Å². The lowest BCUT2D eigenvalue weighted by atomic mass is 9.69. The number of rotatable bonds is 4. The first-order valence-corrected chi connectivity index (χ1v) is 10.9. The molecule has 7 nitrogen and oxygen atoms in total. The van der Waals surface area contributed by atoms with Gasteiger partial charge in [-0.1, -0.05) is 18.2 Å². The van der Waals surface area contributed by atoms with E-state index in [0.717, 1.165) is 22.6 Å². The van der Waals surface area contributed by atoms with Crippen LogP contribution in [0.2, 0.25) is 0 Å². The maximum atomic E-state index is 13.6. The summed E-state index contributed by atoms with van der Waals surface area (Å²) in [6.07, 6.45) is 0.981. The molecule has 0 spiro atoms. The third-order valence-electron chi connectivity index (χ3n) is 6.69. The van der Waals surface area contributed by atoms with Crippen LogP contribution < -0.4 is 14.2 Å². The van der Waals surface area contributed by atoms with Gasteiger partial charge in [0, 0.05) is 29.3 Å². The number of methoxy groups -OCH3 is 2. The smallest absolute Gasteiger partial charge is 0.315 e. The molecule has 1 unspecified atom stereocenters. The van der Waals surface area contributed by atoms with E-state index in [1.807, 2.05) is 49.4 Å². The molecule has 2 aromatic rings. The molecule has 33 heavy (non-hydrogen) atoms. The lowest BCUT2D eigenvalue weighted by Crippen LogP contribution is -2.37. The molecule has 0 fully saturated rings. The Morgan fingerprint density at radius 2 is 1.73 bits per heavy atom. The summed E-state index contributed by atoms with van der Waals surface area (Å²) in [4.78, 5) is 31.1. The molecule has 0 bridgehead atoms. The average Bonchev–Trinajstić information content (AvgIpc) is 3.30. The SMILES string of the molecule is COC(=O)C1C(C)=NC2=C(C(=O)C[C@H](c3ccc(OC)cc3)C2)[C@H]1c1ccc2c(c1)OCO2. The highest BCUT2D eigenvalue weighted by molar-refractivity contribution is 6.09. The molecular weight excluding hydrogens is 422 g/mol. The van der Waals surface area contributed by atoms with Crippen molar-refractivity contribution in [1.29, 1.82) is 0 Å². The van der Waals surface area contributed by atoms with Crippen molar-refractivity contribution < 1.29 is 28.5 Å². The van der Waals surface area contributed by atoms with E-state index in [0.29, 0.717) is 35.6 Å². The van der Waals surface area contributed by atoms with Crippen LogP contribution in [0.1, 0.15) is 42.7 Å². The lowest BCUT2D eigenvalue weighted by Gasteiger charge is -2.36. The predicted octanol–water partition coefficient (Wildman–Crippen LogP) is 4.17. The number of nitrogens with zero attached hydrogens (tertiary/aromatic N) is 1. The number of carbonyl (C=O) groups excluding carboxylic acids is 2. The average molecular weight is 447 g/mol. The standard InChI is InChI=1S/C26H25NO6/c1-14-23(26(29)31-3)24(16-6-9-21-22(12-16)33-13-32-21)25-19(27-14)10-17(11-20(25)28)15-4-7-18(30-2)8-5-15/h4-9,12,17,23-24H,10-11,13H2,1-3H3/t17-,23?,24+/m1/s1. The summed E-state index contributed by atoms with van der Waals surface area (Å²) in [5, 5.41) is 0. The second kappa shape index (κ2) is 8.39. The van der Waals surface area contributed by atoms with Crippen LogP contribution in [0.15, 0.2) is 58.7 Å². The lowest BCUT2D eigenvalue weighted by molar-refractivity contribution is -0.143. The molecule has 0 saturated heterocycles. The highest BCUT2D eigenvalue weighted by Gasteiger charge is 2.45. The van der Waals surface area contributed by atoms with Crippen molar-refractivity contribution in [3.63, 3.8) is 0 Å². The molecule has 0 radical (unpaired) electrons. The van der Waals surface area contributed by atoms with Gasteiger partial charge in [0.25, 0.3) is 0 Å². The number of fused-ring (bicyclic) bond motifs is 1. The van der Waals surface area contributed by atoms with Crippen LogP contribution in [0, 0.1) is 5.92 Å². The summed E-state index contributed by atoms with van der Waals surface area (Å²) in [6, 6.07) is 13.4. The Bertz CT molecular complexity index is 1180. The third-order valence-corrected chi connectivity index (χ3v) is 6.69. The summed E-state index contributed by atoms with van der Waals surface area (Å²) < 4.78 is 21.4. The molecule has 170 valence electrons. The minimum atomic E-state index is -0.671. The maximum Gasteiger partial charge on any atom is 0.315 e. The van der Waals surface area contributed by atoms with Gasteiger partial charge in [0.05, 0.1) is 14.2 Å². The number of Topliss-reactive ketones (excluding diaryl/α,β-unsaturated/α-hetero) is 1. The number of esters is 1. The number of ketones is 1. The van der Waals surface area contributed by atoms with Crippen LogP contribution in [0.25, 0.3) is 0 Å². The minimum Gasteiger partial charge on any atom is -0.497 e. The van der Waals surface area contributed by atoms with Crippen molar-refractivity contribution in [2.75, 3.05) is 21.0 Å². The first kappa shape index (κ1) is 21.2. The fourth-order valence-electron chi connectivity index (χ4n) is 5.07. The maximum absolute atomic E-state index is 13.6. The molecule has 7 heteroatoms. The van der Waals surface area contributed by atoms with Crippen molar-refractivity contribution in [2.45, 2.75) is 31.6 Å². The number of allylic oxidation sites excluding steroid dienone is 2. The van der Waals surface area contributed by atoms with Crippen molar-refractivity contribution in [2.24, 2.45) is 10.9 Å². The Balaban J connectivity index is 1.57. The molecule has 0 N–H and O–H groups in total. The van der Waals surface area contributed by atoms with E-state index in [2.05, 4.69) is 0 Å². The van der Waals surface area contributed by atoms with Gasteiger partial charge in [-0.25, -0.2) is 0 Å². The van der Waals surface area contributed by atoms with Gasteiger partial charge in [0.2, 0.25) is 6.79 Å². The Hall–Kier alpha value is -3.61. The predicted molar refractivity (Wildman–Crippen MR) is 121 cm³/mol. The van der Waals surface area contributed by atoms with Gasteiger partial charge >= 0.3 is 5.97 Å². The zero-order valence-electron chi connectivity index (χ0n) is 18.8. The summed E-state index contributed by atoms with van der Waals surface area (Å²) >= 11 is 0. The third kappa shape index (κ3) is 3.67. The zero-order valence-corrected chi connectivity index (χ0v) is 18.8. The summed E-state index contributed by atoms with van der Waals surface area (Å²) in [7, 11) is 2.99. The van der Waals surface area contributed by atoms with Gasteiger partial charge < -0.3 is 18.9 Å². The van der Waals surface area contributed by atoms with E-state index in [4.69, 9.17) is 23.9 Å². The van der Waals surface area contributed by atoms with Crippen LogP contribution >= 0.6 is 0 Å².